The molecule has 0 aliphatic heterocycles. The molecule has 1 amide bonds. The van der Waals surface area contributed by atoms with Crippen LogP contribution in [0, 0.1) is 12.7 Å². The lowest BCUT2D eigenvalue weighted by atomic mass is 10.0. The molecular formula is C30H20Br2FN3O3. The molecule has 39 heavy (non-hydrogen) atoms. The summed E-state index contributed by atoms with van der Waals surface area (Å²) in [4.78, 5) is 29.1. The Morgan fingerprint density at radius 3 is 2.54 bits per heavy atom. The van der Waals surface area contributed by atoms with E-state index >= 15 is 0 Å². The third-order valence-corrected chi connectivity index (χ3v) is 6.95. The predicted molar refractivity (Wildman–Crippen MR) is 157 cm³/mol. The number of nitrogens with one attached hydrogen (secondary N) is 2. The van der Waals surface area contributed by atoms with Crippen molar-refractivity contribution in [1.82, 2.24) is 10.4 Å². The van der Waals surface area contributed by atoms with Gasteiger partial charge in [-0.05, 0) is 70.9 Å². The Labute approximate surface area is 240 Å². The van der Waals surface area contributed by atoms with Crippen molar-refractivity contribution >= 4 is 60.9 Å². The zero-order valence-corrected chi connectivity index (χ0v) is 23.6. The molecule has 0 unspecified atom stereocenters. The first-order valence-corrected chi connectivity index (χ1v) is 13.4. The number of hydrogen-bond acceptors (Lipinski definition) is 4. The second-order valence-corrected chi connectivity index (χ2v) is 10.5. The van der Waals surface area contributed by atoms with Crippen LogP contribution in [0.4, 0.5) is 4.39 Å². The minimum Gasteiger partial charge on any atom is -0.421 e. The smallest absolute Gasteiger partial charge is 0.343 e. The number of nitrogens with zero attached hydrogens (tertiary/aromatic N) is 1. The van der Waals surface area contributed by atoms with Gasteiger partial charge in [-0.2, -0.15) is 5.10 Å². The van der Waals surface area contributed by atoms with Crippen molar-refractivity contribution < 1.29 is 18.7 Å². The van der Waals surface area contributed by atoms with Crippen LogP contribution >= 0.6 is 31.9 Å². The molecule has 0 spiro atoms. The number of ether oxygens (including phenoxy) is 1. The van der Waals surface area contributed by atoms with E-state index in [1.807, 2.05) is 43.3 Å². The molecule has 0 atom stereocenters. The number of esters is 1. The van der Waals surface area contributed by atoms with E-state index < -0.39 is 17.7 Å². The lowest BCUT2D eigenvalue weighted by molar-refractivity contribution is 0.0732. The molecule has 5 aromatic rings. The zero-order valence-electron chi connectivity index (χ0n) is 20.5. The van der Waals surface area contributed by atoms with Gasteiger partial charge in [0.2, 0.25) is 0 Å². The second kappa shape index (κ2) is 11.3. The Morgan fingerprint density at radius 1 is 0.974 bits per heavy atom. The van der Waals surface area contributed by atoms with Crippen LogP contribution in [0.15, 0.2) is 99.0 Å². The summed E-state index contributed by atoms with van der Waals surface area (Å²) in [6.45, 7) is 1.89. The number of fused-ring (bicyclic) bond motifs is 1. The minimum absolute atomic E-state index is 0.237. The van der Waals surface area contributed by atoms with Gasteiger partial charge >= 0.3 is 5.97 Å². The van der Waals surface area contributed by atoms with Gasteiger partial charge in [-0.1, -0.05) is 64.0 Å². The molecule has 5 rings (SSSR count). The first-order chi connectivity index (χ1) is 18.8. The molecule has 0 saturated carbocycles. The molecule has 1 aromatic heterocycles. The Bertz CT molecular complexity index is 1750. The van der Waals surface area contributed by atoms with E-state index in [9.17, 15) is 14.0 Å². The molecule has 0 aliphatic carbocycles. The topological polar surface area (TPSA) is 83.5 Å². The summed E-state index contributed by atoms with van der Waals surface area (Å²) in [6, 6.07) is 24.1. The number of hydrazone groups is 1. The number of benzene rings is 4. The summed E-state index contributed by atoms with van der Waals surface area (Å²) in [5, 5.41) is 4.71. The van der Waals surface area contributed by atoms with Crippen LogP contribution < -0.4 is 10.2 Å². The number of hydrogen-bond donors (Lipinski definition) is 2. The fourth-order valence-electron chi connectivity index (χ4n) is 4.16. The van der Waals surface area contributed by atoms with Crippen molar-refractivity contribution in [3.63, 3.8) is 0 Å². The highest BCUT2D eigenvalue weighted by atomic mass is 79.9. The third-order valence-electron chi connectivity index (χ3n) is 5.91. The van der Waals surface area contributed by atoms with Crippen molar-refractivity contribution in [3.8, 4) is 16.9 Å². The van der Waals surface area contributed by atoms with Crippen molar-refractivity contribution in [2.24, 2.45) is 5.10 Å². The van der Waals surface area contributed by atoms with E-state index in [-0.39, 0.29) is 11.4 Å². The maximum Gasteiger partial charge on any atom is 0.343 e. The van der Waals surface area contributed by atoms with Gasteiger partial charge in [0.05, 0.1) is 16.3 Å². The molecular weight excluding hydrogens is 629 g/mol. The maximum absolute atomic E-state index is 14.1. The lowest BCUT2D eigenvalue weighted by Gasteiger charge is -2.11. The largest absolute Gasteiger partial charge is 0.421 e. The Kier molecular flexibility index (Phi) is 7.72. The average molecular weight is 649 g/mol. The highest BCUT2D eigenvalue weighted by molar-refractivity contribution is 9.11. The fraction of sp³-hybridized carbons (Fsp3) is 0.0333. The fourth-order valence-corrected chi connectivity index (χ4v) is 5.50. The zero-order chi connectivity index (χ0) is 27.5. The number of aromatic nitrogens is 1. The summed E-state index contributed by atoms with van der Waals surface area (Å²) >= 11 is 6.87. The van der Waals surface area contributed by atoms with Crippen LogP contribution in [-0.2, 0) is 0 Å². The number of aromatic amines is 1. The molecule has 0 aliphatic rings. The van der Waals surface area contributed by atoms with Crippen molar-refractivity contribution in [1.29, 1.82) is 0 Å². The number of amides is 1. The van der Waals surface area contributed by atoms with E-state index in [2.05, 4.69) is 47.4 Å². The SMILES string of the molecule is Cc1cccc(C(=O)Oc2c(Br)cc(Br)cc2C=NNC(=O)c2[nH]c3ccc(F)cc3c2-c2ccccc2)c1. The van der Waals surface area contributed by atoms with Crippen LogP contribution in [0.2, 0.25) is 0 Å². The molecule has 6 nitrogen and oxygen atoms in total. The van der Waals surface area contributed by atoms with Gasteiger partial charge in [0, 0.05) is 26.5 Å². The third kappa shape index (κ3) is 5.84. The maximum atomic E-state index is 14.1. The van der Waals surface area contributed by atoms with Gasteiger partial charge in [-0.25, -0.2) is 14.6 Å². The molecule has 0 bridgehead atoms. The van der Waals surface area contributed by atoms with Crippen LogP contribution in [0.3, 0.4) is 0 Å². The van der Waals surface area contributed by atoms with E-state index in [1.54, 1.807) is 36.4 Å². The standard InChI is InChI=1S/C30H20Br2FN3O3/c1-17-6-5-9-19(12-17)30(38)39-28-20(13-21(31)14-24(28)32)16-34-36-29(37)27-26(18-7-3-2-4-8-18)23-15-22(33)10-11-25(23)35-27/h2-16,35H,1H3,(H,36,37). The molecule has 9 heteroatoms. The quantitative estimate of drug-likeness (QED) is 0.0853. The minimum atomic E-state index is -0.529. The Hall–Kier alpha value is -4.08. The molecule has 1 heterocycles. The highest BCUT2D eigenvalue weighted by Gasteiger charge is 2.20. The highest BCUT2D eigenvalue weighted by Crippen LogP contribution is 2.34. The summed E-state index contributed by atoms with van der Waals surface area (Å²) < 4.78 is 21.0. The Balaban J connectivity index is 1.44. The summed E-state index contributed by atoms with van der Waals surface area (Å²) in [7, 11) is 0. The molecule has 4 aromatic carbocycles. The number of carbonyl (C=O) groups is 2. The predicted octanol–water partition coefficient (Wildman–Crippen LogP) is 7.79. The summed E-state index contributed by atoms with van der Waals surface area (Å²) in [5.74, 6) is -1.21. The van der Waals surface area contributed by atoms with Gasteiger partial charge in [0.1, 0.15) is 11.5 Å². The average Bonchev–Trinajstić information content (AvgIpc) is 3.29. The number of carbonyl (C=O) groups excluding carboxylic acids is 2. The van der Waals surface area contributed by atoms with E-state index in [4.69, 9.17) is 4.74 Å². The molecule has 0 fully saturated rings. The summed E-state index contributed by atoms with van der Waals surface area (Å²) in [6.07, 6.45) is 1.39. The second-order valence-electron chi connectivity index (χ2n) is 8.70. The molecule has 2 N–H and O–H groups in total. The van der Waals surface area contributed by atoms with Crippen LogP contribution in [0.1, 0.15) is 32.0 Å². The van der Waals surface area contributed by atoms with Crippen molar-refractivity contribution in [2.45, 2.75) is 6.92 Å². The van der Waals surface area contributed by atoms with Crippen molar-refractivity contribution in [2.75, 3.05) is 0 Å². The van der Waals surface area contributed by atoms with Crippen LogP contribution in [0.5, 0.6) is 5.75 Å². The number of H-pyrrole nitrogens is 1. The van der Waals surface area contributed by atoms with E-state index in [1.165, 1.54) is 18.3 Å². The first-order valence-electron chi connectivity index (χ1n) is 11.8. The lowest BCUT2D eigenvalue weighted by Crippen LogP contribution is -2.19. The molecule has 0 radical (unpaired) electrons. The molecule has 0 saturated heterocycles. The van der Waals surface area contributed by atoms with E-state index in [0.29, 0.717) is 36.5 Å². The van der Waals surface area contributed by atoms with Crippen molar-refractivity contribution in [3.05, 3.63) is 122 Å². The Morgan fingerprint density at radius 2 is 1.77 bits per heavy atom. The van der Waals surface area contributed by atoms with Crippen LogP contribution in [0.25, 0.3) is 22.0 Å². The van der Waals surface area contributed by atoms with Gasteiger partial charge in [-0.15, -0.1) is 0 Å². The number of aryl methyl sites for hydroxylation is 1. The van der Waals surface area contributed by atoms with Gasteiger partial charge in [-0.3, -0.25) is 4.79 Å². The number of halogens is 3. The summed E-state index contributed by atoms with van der Waals surface area (Å²) in [5.41, 5.74) is 6.48. The monoisotopic (exact) mass is 647 g/mol. The van der Waals surface area contributed by atoms with Gasteiger partial charge in [0.25, 0.3) is 5.91 Å². The van der Waals surface area contributed by atoms with E-state index in [0.717, 1.165) is 11.1 Å². The van der Waals surface area contributed by atoms with Gasteiger partial charge in [0.15, 0.2) is 5.75 Å². The normalized spacial score (nSPS) is 11.2. The van der Waals surface area contributed by atoms with Crippen LogP contribution in [-0.4, -0.2) is 23.1 Å². The van der Waals surface area contributed by atoms with Gasteiger partial charge < -0.3 is 9.72 Å². The number of rotatable bonds is 6. The first kappa shape index (κ1) is 26.5. The molecule has 194 valence electrons.